The summed E-state index contributed by atoms with van der Waals surface area (Å²) in [6.07, 6.45) is 0.804. The molecule has 15 heavy (non-hydrogen) atoms. The fourth-order valence-corrected chi connectivity index (χ4v) is 1.32. The number of carbonyl (C=O) groups excluding carboxylic acids is 1. The van der Waals surface area contributed by atoms with Gasteiger partial charge in [0.2, 0.25) is 6.08 Å². The minimum Gasteiger partial charge on any atom is -0.495 e. The summed E-state index contributed by atoms with van der Waals surface area (Å²) in [5.41, 5.74) is -0.569. The van der Waals surface area contributed by atoms with Crippen LogP contribution in [0.5, 0.6) is 5.75 Å². The zero-order valence-corrected chi connectivity index (χ0v) is 8.39. The molecule has 3 nitrogen and oxygen atoms in total. The summed E-state index contributed by atoms with van der Waals surface area (Å²) in [6, 6.07) is 0.0998. The van der Waals surface area contributed by atoms with Gasteiger partial charge < -0.3 is 4.74 Å². The highest BCUT2D eigenvalue weighted by molar-refractivity contribution is 6.32. The van der Waals surface area contributed by atoms with Gasteiger partial charge in [0.25, 0.3) is 0 Å². The molecular formula is C9H6ClF2NO2. The molecule has 0 aliphatic rings. The molecule has 0 radical (unpaired) electrons. The minimum atomic E-state index is -3.68. The maximum absolute atomic E-state index is 13.2. The SMILES string of the molecule is COc1c(Cl)cccc1C(F)(F)N=C=O. The van der Waals surface area contributed by atoms with Gasteiger partial charge in [0, 0.05) is 0 Å². The van der Waals surface area contributed by atoms with Gasteiger partial charge in [0.05, 0.1) is 17.7 Å². The van der Waals surface area contributed by atoms with Crippen LogP contribution in [0, 0.1) is 0 Å². The third kappa shape index (κ3) is 2.32. The standard InChI is InChI=1S/C9H6ClF2NO2/c1-15-8-6(3-2-4-7(8)10)9(11,12)13-5-14/h2-4H,1H3. The van der Waals surface area contributed by atoms with Crippen LogP contribution in [0.4, 0.5) is 8.78 Å². The van der Waals surface area contributed by atoms with Gasteiger partial charge in [0.15, 0.2) is 0 Å². The zero-order valence-electron chi connectivity index (χ0n) is 7.63. The molecule has 0 aromatic heterocycles. The Bertz CT molecular complexity index is 417. The maximum atomic E-state index is 13.2. The Morgan fingerprint density at radius 1 is 1.53 bits per heavy atom. The average Bonchev–Trinajstić information content (AvgIpc) is 2.17. The number of alkyl halides is 2. The molecule has 0 spiro atoms. The van der Waals surface area contributed by atoms with Gasteiger partial charge in [0.1, 0.15) is 5.75 Å². The van der Waals surface area contributed by atoms with E-state index in [1.807, 2.05) is 0 Å². The molecule has 0 atom stereocenters. The molecule has 80 valence electrons. The normalized spacial score (nSPS) is 10.7. The molecule has 0 N–H and O–H groups in total. The summed E-state index contributed by atoms with van der Waals surface area (Å²) < 4.78 is 31.1. The fourth-order valence-electron chi connectivity index (χ4n) is 1.07. The van der Waals surface area contributed by atoms with Gasteiger partial charge in [-0.05, 0) is 12.1 Å². The van der Waals surface area contributed by atoms with E-state index in [0.717, 1.165) is 12.1 Å². The number of nitrogens with zero attached hydrogens (tertiary/aromatic N) is 1. The molecule has 1 aromatic carbocycles. The van der Waals surface area contributed by atoms with Crippen molar-refractivity contribution in [1.82, 2.24) is 0 Å². The molecule has 0 amide bonds. The van der Waals surface area contributed by atoms with Gasteiger partial charge in [-0.2, -0.15) is 8.78 Å². The van der Waals surface area contributed by atoms with E-state index < -0.39 is 11.6 Å². The molecule has 0 saturated heterocycles. The molecular weight excluding hydrogens is 228 g/mol. The van der Waals surface area contributed by atoms with E-state index in [9.17, 15) is 13.6 Å². The van der Waals surface area contributed by atoms with Crippen molar-refractivity contribution < 1.29 is 18.3 Å². The molecule has 1 aromatic rings. The second kappa shape index (κ2) is 4.38. The number of isocyanates is 1. The summed E-state index contributed by atoms with van der Waals surface area (Å²) in [6.45, 7) is 0. The van der Waals surface area contributed by atoms with E-state index in [-0.39, 0.29) is 10.8 Å². The van der Waals surface area contributed by atoms with Crippen molar-refractivity contribution >= 4 is 17.7 Å². The first-order chi connectivity index (χ1) is 7.03. The van der Waals surface area contributed by atoms with Crippen molar-refractivity contribution in [3.63, 3.8) is 0 Å². The van der Waals surface area contributed by atoms with Crippen molar-refractivity contribution in [2.45, 2.75) is 6.05 Å². The lowest BCUT2D eigenvalue weighted by atomic mass is 10.1. The lowest BCUT2D eigenvalue weighted by molar-refractivity contribution is 0.00391. The number of aliphatic imine (C=N–C) groups is 1. The molecule has 0 heterocycles. The largest absolute Gasteiger partial charge is 0.495 e. The monoisotopic (exact) mass is 233 g/mol. The minimum absolute atomic E-state index is 0.0239. The maximum Gasteiger partial charge on any atom is 0.382 e. The van der Waals surface area contributed by atoms with Crippen LogP contribution in [0.15, 0.2) is 23.2 Å². The second-order valence-corrected chi connectivity index (χ2v) is 2.97. The van der Waals surface area contributed by atoms with Gasteiger partial charge in [-0.25, -0.2) is 4.79 Å². The molecule has 0 aliphatic heterocycles. The van der Waals surface area contributed by atoms with Gasteiger partial charge in [-0.15, -0.1) is 4.99 Å². The molecule has 1 rings (SSSR count). The quantitative estimate of drug-likeness (QED) is 0.457. The van der Waals surface area contributed by atoms with E-state index >= 15 is 0 Å². The summed E-state index contributed by atoms with van der Waals surface area (Å²) in [4.78, 5) is 12.2. The predicted octanol–water partition coefficient (Wildman–Crippen LogP) is 2.73. The molecule has 0 fully saturated rings. The highest BCUT2D eigenvalue weighted by Crippen LogP contribution is 2.39. The first kappa shape index (κ1) is 11.6. The highest BCUT2D eigenvalue weighted by Gasteiger charge is 2.35. The number of para-hydroxylation sites is 1. The van der Waals surface area contributed by atoms with E-state index in [4.69, 9.17) is 16.3 Å². The molecule has 6 heteroatoms. The van der Waals surface area contributed by atoms with Crippen molar-refractivity contribution in [1.29, 1.82) is 0 Å². The zero-order chi connectivity index (χ0) is 11.5. The van der Waals surface area contributed by atoms with Crippen LogP contribution >= 0.6 is 11.6 Å². The second-order valence-electron chi connectivity index (χ2n) is 2.56. The van der Waals surface area contributed by atoms with Crippen molar-refractivity contribution in [2.75, 3.05) is 7.11 Å². The summed E-state index contributed by atoms with van der Waals surface area (Å²) in [5, 5.41) is 0.0239. The summed E-state index contributed by atoms with van der Waals surface area (Å²) >= 11 is 5.64. The van der Waals surface area contributed by atoms with Crippen LogP contribution in [0.25, 0.3) is 0 Å². The van der Waals surface area contributed by atoms with Crippen LogP contribution in [-0.2, 0) is 10.8 Å². The van der Waals surface area contributed by atoms with E-state index in [1.54, 1.807) is 0 Å². The lowest BCUT2D eigenvalue weighted by Crippen LogP contribution is -2.11. The first-order valence-corrected chi connectivity index (χ1v) is 4.20. The number of halogens is 3. The van der Waals surface area contributed by atoms with Crippen LogP contribution in [-0.4, -0.2) is 13.2 Å². The van der Waals surface area contributed by atoms with Crippen molar-refractivity contribution in [3.8, 4) is 5.75 Å². The Morgan fingerprint density at radius 2 is 2.20 bits per heavy atom. The predicted molar refractivity (Wildman–Crippen MR) is 50.0 cm³/mol. The number of benzene rings is 1. The Labute approximate surface area is 89.3 Å². The molecule has 0 bridgehead atoms. The van der Waals surface area contributed by atoms with E-state index in [1.165, 1.54) is 19.2 Å². The highest BCUT2D eigenvalue weighted by atomic mass is 35.5. The van der Waals surface area contributed by atoms with E-state index in [2.05, 4.69) is 4.99 Å². The topological polar surface area (TPSA) is 38.7 Å². The number of hydrogen-bond acceptors (Lipinski definition) is 3. The van der Waals surface area contributed by atoms with Crippen LogP contribution in [0.3, 0.4) is 0 Å². The smallest absolute Gasteiger partial charge is 0.382 e. The van der Waals surface area contributed by atoms with Gasteiger partial charge >= 0.3 is 6.05 Å². The van der Waals surface area contributed by atoms with Gasteiger partial charge in [-0.3, -0.25) is 0 Å². The van der Waals surface area contributed by atoms with Gasteiger partial charge in [-0.1, -0.05) is 17.7 Å². The number of ether oxygens (including phenoxy) is 1. The number of hydrogen-bond donors (Lipinski definition) is 0. The number of methoxy groups -OCH3 is 1. The molecule has 0 aliphatic carbocycles. The van der Waals surface area contributed by atoms with Crippen molar-refractivity contribution in [2.24, 2.45) is 4.99 Å². The lowest BCUT2D eigenvalue weighted by Gasteiger charge is -2.14. The van der Waals surface area contributed by atoms with Crippen molar-refractivity contribution in [3.05, 3.63) is 28.8 Å². The van der Waals surface area contributed by atoms with E-state index in [0.29, 0.717) is 0 Å². The molecule has 0 unspecified atom stereocenters. The Balaban J connectivity index is 3.36. The number of rotatable bonds is 3. The van der Waals surface area contributed by atoms with Crippen LogP contribution in [0.1, 0.15) is 5.56 Å². The summed E-state index contributed by atoms with van der Waals surface area (Å²) in [5.74, 6) is -0.205. The van der Waals surface area contributed by atoms with Crippen LogP contribution < -0.4 is 4.74 Å². The first-order valence-electron chi connectivity index (χ1n) is 3.82. The van der Waals surface area contributed by atoms with Crippen LogP contribution in [0.2, 0.25) is 5.02 Å². The average molecular weight is 234 g/mol. The third-order valence-corrected chi connectivity index (χ3v) is 1.98. The Hall–Kier alpha value is -1.45. The Kier molecular flexibility index (Phi) is 3.39. The third-order valence-electron chi connectivity index (χ3n) is 1.68. The molecule has 0 saturated carbocycles. The summed E-state index contributed by atoms with van der Waals surface area (Å²) in [7, 11) is 1.20. The Morgan fingerprint density at radius 3 is 2.73 bits per heavy atom. The fraction of sp³-hybridized carbons (Fsp3) is 0.222.